The van der Waals surface area contributed by atoms with Crippen LogP contribution in [0.25, 0.3) is 0 Å². The number of hydrogen-bond acceptors (Lipinski definition) is 6. The molecule has 0 spiro atoms. The number of aliphatic hydroxyl groups excluding tert-OH is 1. The summed E-state index contributed by atoms with van der Waals surface area (Å²) < 4.78 is 0. The predicted octanol–water partition coefficient (Wildman–Crippen LogP) is 0.387. The summed E-state index contributed by atoms with van der Waals surface area (Å²) in [5, 5.41) is 15.2. The molecule has 1 aromatic heterocycles. The highest BCUT2D eigenvalue weighted by molar-refractivity contribution is 5.46. The van der Waals surface area contributed by atoms with E-state index in [0.29, 0.717) is 12.6 Å². The molecule has 2 rings (SSSR count). The summed E-state index contributed by atoms with van der Waals surface area (Å²) in [6.07, 6.45) is 3.82. The molecular formula is C12H21N5O. The molecule has 0 radical (unpaired) electrons. The van der Waals surface area contributed by atoms with Crippen molar-refractivity contribution in [3.63, 3.8) is 0 Å². The van der Waals surface area contributed by atoms with Crippen molar-refractivity contribution in [2.75, 3.05) is 43.9 Å². The number of piperidine rings is 1. The maximum absolute atomic E-state index is 8.76. The van der Waals surface area contributed by atoms with Gasteiger partial charge in [0.05, 0.1) is 6.61 Å². The summed E-state index contributed by atoms with van der Waals surface area (Å²) in [6, 6.07) is 2.37. The van der Waals surface area contributed by atoms with Crippen LogP contribution in [0.3, 0.4) is 0 Å². The second-order valence-electron chi connectivity index (χ2n) is 4.66. The summed E-state index contributed by atoms with van der Waals surface area (Å²) in [5.41, 5.74) is 0. The van der Waals surface area contributed by atoms with Gasteiger partial charge >= 0.3 is 0 Å². The molecule has 0 amide bonds. The van der Waals surface area contributed by atoms with Crippen molar-refractivity contribution in [1.82, 2.24) is 14.9 Å². The molecule has 1 aliphatic heterocycles. The molecule has 0 unspecified atom stereocenters. The number of nitrogens with zero attached hydrogens (tertiary/aromatic N) is 3. The van der Waals surface area contributed by atoms with Crippen LogP contribution in [0, 0.1) is 0 Å². The lowest BCUT2D eigenvalue weighted by Gasteiger charge is -2.29. The zero-order chi connectivity index (χ0) is 12.8. The molecule has 0 aromatic carbocycles. The quantitative estimate of drug-likeness (QED) is 0.703. The summed E-state index contributed by atoms with van der Waals surface area (Å²) in [6.45, 7) is 2.85. The minimum Gasteiger partial charge on any atom is -0.395 e. The molecule has 100 valence electrons. The van der Waals surface area contributed by atoms with E-state index in [1.807, 2.05) is 6.07 Å². The molecule has 1 aliphatic rings. The van der Waals surface area contributed by atoms with Crippen molar-refractivity contribution in [3.05, 3.63) is 12.4 Å². The van der Waals surface area contributed by atoms with E-state index < -0.39 is 0 Å². The number of nitrogens with one attached hydrogen (secondary N) is 2. The van der Waals surface area contributed by atoms with Gasteiger partial charge in [-0.3, -0.25) is 0 Å². The largest absolute Gasteiger partial charge is 0.395 e. The Kier molecular flexibility index (Phi) is 4.72. The average Bonchev–Trinajstić information content (AvgIpc) is 2.40. The number of anilines is 2. The van der Waals surface area contributed by atoms with Gasteiger partial charge in [-0.25, -0.2) is 9.97 Å². The molecule has 0 saturated carbocycles. The smallest absolute Gasteiger partial charge is 0.131 e. The first-order valence-electron chi connectivity index (χ1n) is 6.40. The van der Waals surface area contributed by atoms with Crippen LogP contribution >= 0.6 is 0 Å². The zero-order valence-electron chi connectivity index (χ0n) is 10.8. The second kappa shape index (κ2) is 6.51. The Morgan fingerprint density at radius 1 is 1.33 bits per heavy atom. The van der Waals surface area contributed by atoms with Crippen LogP contribution < -0.4 is 10.6 Å². The summed E-state index contributed by atoms with van der Waals surface area (Å²) in [5.74, 6) is 1.59. The summed E-state index contributed by atoms with van der Waals surface area (Å²) in [7, 11) is 2.15. The highest BCUT2D eigenvalue weighted by Crippen LogP contribution is 2.15. The van der Waals surface area contributed by atoms with Crippen LogP contribution in [0.15, 0.2) is 12.4 Å². The lowest BCUT2D eigenvalue weighted by molar-refractivity contribution is 0.263. The minimum absolute atomic E-state index is 0.0989. The number of rotatable bonds is 5. The Balaban J connectivity index is 1.88. The second-order valence-corrected chi connectivity index (χ2v) is 4.66. The fourth-order valence-electron chi connectivity index (χ4n) is 2.08. The van der Waals surface area contributed by atoms with E-state index in [9.17, 15) is 0 Å². The van der Waals surface area contributed by atoms with Gasteiger partial charge in [-0.05, 0) is 33.0 Å². The maximum atomic E-state index is 8.76. The third-order valence-electron chi connectivity index (χ3n) is 3.16. The van der Waals surface area contributed by atoms with Crippen molar-refractivity contribution >= 4 is 11.6 Å². The predicted molar refractivity (Wildman–Crippen MR) is 71.7 cm³/mol. The van der Waals surface area contributed by atoms with Crippen LogP contribution in [0.4, 0.5) is 11.6 Å². The third-order valence-corrected chi connectivity index (χ3v) is 3.16. The first-order valence-corrected chi connectivity index (χ1v) is 6.40. The van der Waals surface area contributed by atoms with E-state index in [0.717, 1.165) is 37.6 Å². The van der Waals surface area contributed by atoms with E-state index in [2.05, 4.69) is 32.5 Å². The number of hydrogen-bond donors (Lipinski definition) is 3. The van der Waals surface area contributed by atoms with Gasteiger partial charge < -0.3 is 20.6 Å². The fraction of sp³-hybridized carbons (Fsp3) is 0.667. The van der Waals surface area contributed by atoms with Gasteiger partial charge in [0.15, 0.2) is 0 Å². The number of aliphatic hydroxyl groups is 1. The van der Waals surface area contributed by atoms with E-state index in [4.69, 9.17) is 5.11 Å². The Morgan fingerprint density at radius 2 is 2.06 bits per heavy atom. The monoisotopic (exact) mass is 251 g/mol. The van der Waals surface area contributed by atoms with E-state index in [1.165, 1.54) is 6.33 Å². The highest BCUT2D eigenvalue weighted by atomic mass is 16.3. The lowest BCUT2D eigenvalue weighted by Crippen LogP contribution is -2.36. The van der Waals surface area contributed by atoms with Crippen molar-refractivity contribution in [2.24, 2.45) is 0 Å². The molecule has 0 bridgehead atoms. The average molecular weight is 251 g/mol. The standard InChI is InChI=1S/C12H21N5O/c1-17-5-2-10(3-6-17)16-12-8-11(13-4-7-18)14-9-15-12/h8-10,18H,2-7H2,1H3,(H2,13,14,15,16). The minimum atomic E-state index is 0.0989. The van der Waals surface area contributed by atoms with Crippen molar-refractivity contribution < 1.29 is 5.11 Å². The number of likely N-dealkylation sites (tertiary alicyclic amines) is 1. The molecule has 6 nitrogen and oxygen atoms in total. The molecule has 1 fully saturated rings. The SMILES string of the molecule is CN1CCC(Nc2cc(NCCO)ncn2)CC1. The van der Waals surface area contributed by atoms with E-state index >= 15 is 0 Å². The van der Waals surface area contributed by atoms with Gasteiger partial charge in [0, 0.05) is 18.7 Å². The summed E-state index contributed by atoms with van der Waals surface area (Å²) >= 11 is 0. The van der Waals surface area contributed by atoms with Crippen LogP contribution in [0.2, 0.25) is 0 Å². The molecular weight excluding hydrogens is 230 g/mol. The summed E-state index contributed by atoms with van der Waals surface area (Å²) in [4.78, 5) is 10.7. The molecule has 2 heterocycles. The number of aromatic nitrogens is 2. The Bertz CT molecular complexity index is 365. The van der Waals surface area contributed by atoms with Crippen LogP contribution in [-0.4, -0.2) is 59.3 Å². The Morgan fingerprint density at radius 3 is 2.78 bits per heavy atom. The van der Waals surface area contributed by atoms with Gasteiger partial charge in [0.1, 0.15) is 18.0 Å². The van der Waals surface area contributed by atoms with E-state index in [1.54, 1.807) is 0 Å². The van der Waals surface area contributed by atoms with Gasteiger partial charge in [-0.15, -0.1) is 0 Å². The molecule has 3 N–H and O–H groups in total. The van der Waals surface area contributed by atoms with Crippen molar-refractivity contribution in [3.8, 4) is 0 Å². The first-order chi connectivity index (χ1) is 8.78. The van der Waals surface area contributed by atoms with Gasteiger partial charge in [0.25, 0.3) is 0 Å². The molecule has 1 aromatic rings. The van der Waals surface area contributed by atoms with Crippen molar-refractivity contribution in [1.29, 1.82) is 0 Å². The third kappa shape index (κ3) is 3.82. The van der Waals surface area contributed by atoms with Gasteiger partial charge in [-0.1, -0.05) is 0 Å². The van der Waals surface area contributed by atoms with Crippen LogP contribution in [0.1, 0.15) is 12.8 Å². The zero-order valence-corrected chi connectivity index (χ0v) is 10.8. The normalized spacial score (nSPS) is 17.7. The Hall–Kier alpha value is -1.40. The lowest BCUT2D eigenvalue weighted by atomic mass is 10.1. The van der Waals surface area contributed by atoms with E-state index in [-0.39, 0.29) is 6.61 Å². The van der Waals surface area contributed by atoms with Crippen LogP contribution in [-0.2, 0) is 0 Å². The van der Waals surface area contributed by atoms with Crippen LogP contribution in [0.5, 0.6) is 0 Å². The molecule has 6 heteroatoms. The van der Waals surface area contributed by atoms with Crippen molar-refractivity contribution in [2.45, 2.75) is 18.9 Å². The maximum Gasteiger partial charge on any atom is 0.131 e. The first kappa shape index (κ1) is 13.0. The highest BCUT2D eigenvalue weighted by Gasteiger charge is 2.16. The molecule has 0 atom stereocenters. The molecule has 1 saturated heterocycles. The molecule has 18 heavy (non-hydrogen) atoms. The van der Waals surface area contributed by atoms with Gasteiger partial charge in [0.2, 0.25) is 0 Å². The molecule has 0 aliphatic carbocycles. The van der Waals surface area contributed by atoms with Gasteiger partial charge in [-0.2, -0.15) is 0 Å². The fourth-order valence-corrected chi connectivity index (χ4v) is 2.08. The topological polar surface area (TPSA) is 73.3 Å². The Labute approximate surface area is 107 Å².